The van der Waals surface area contributed by atoms with E-state index in [2.05, 4.69) is 21.9 Å². The number of rotatable bonds is 10. The maximum absolute atomic E-state index is 12.3. The molecule has 0 heterocycles. The van der Waals surface area contributed by atoms with Gasteiger partial charge in [0.1, 0.15) is 18.2 Å². The number of ether oxygens (including phenoxy) is 2. The van der Waals surface area contributed by atoms with Crippen LogP contribution < -0.4 is 16.0 Å². The number of unbranched alkanes of at least 4 members (excludes halogenated alkanes) is 1. The van der Waals surface area contributed by atoms with Gasteiger partial charge in [-0.05, 0) is 45.6 Å². The van der Waals surface area contributed by atoms with Crippen LogP contribution in [0.4, 0.5) is 9.59 Å². The quantitative estimate of drug-likeness (QED) is 0.401. The summed E-state index contributed by atoms with van der Waals surface area (Å²) in [6.45, 7) is 5.92. The van der Waals surface area contributed by atoms with Crippen molar-refractivity contribution in [2.45, 2.75) is 58.3 Å². The lowest BCUT2D eigenvalue weighted by atomic mass is 10.1. The zero-order valence-electron chi connectivity index (χ0n) is 17.8. The van der Waals surface area contributed by atoms with Crippen molar-refractivity contribution in [1.82, 2.24) is 16.0 Å². The number of benzene rings is 1. The molecule has 0 fully saturated rings. The molecule has 0 aliphatic heterocycles. The average Bonchev–Trinajstić information content (AvgIpc) is 2.68. The Morgan fingerprint density at radius 3 is 2.40 bits per heavy atom. The van der Waals surface area contributed by atoms with Gasteiger partial charge in [-0.3, -0.25) is 4.79 Å². The second kappa shape index (κ2) is 13.1. The zero-order valence-corrected chi connectivity index (χ0v) is 17.8. The molecular weight excluding hydrogens is 386 g/mol. The normalized spacial score (nSPS) is 11.5. The summed E-state index contributed by atoms with van der Waals surface area (Å²) >= 11 is 0. The number of carbonyl (C=O) groups is 3. The molecule has 0 saturated heterocycles. The van der Waals surface area contributed by atoms with E-state index >= 15 is 0 Å². The summed E-state index contributed by atoms with van der Waals surface area (Å²) in [6.07, 6.45) is 5.56. The van der Waals surface area contributed by atoms with Crippen molar-refractivity contribution < 1.29 is 23.9 Å². The van der Waals surface area contributed by atoms with Crippen molar-refractivity contribution in [1.29, 1.82) is 0 Å². The molecule has 1 aromatic rings. The van der Waals surface area contributed by atoms with Crippen molar-refractivity contribution in [2.75, 3.05) is 13.1 Å². The zero-order chi connectivity index (χ0) is 22.4. The van der Waals surface area contributed by atoms with Gasteiger partial charge in [0.2, 0.25) is 5.91 Å². The van der Waals surface area contributed by atoms with Gasteiger partial charge in [-0.15, -0.1) is 6.42 Å². The topological polar surface area (TPSA) is 106 Å². The minimum Gasteiger partial charge on any atom is -0.445 e. The maximum atomic E-state index is 12.3. The summed E-state index contributed by atoms with van der Waals surface area (Å²) in [4.78, 5) is 36.0. The molecule has 0 radical (unpaired) electrons. The summed E-state index contributed by atoms with van der Waals surface area (Å²) in [5.41, 5.74) is 0.281. The first kappa shape index (κ1) is 24.8. The number of hydrogen-bond donors (Lipinski definition) is 3. The monoisotopic (exact) mass is 417 g/mol. The summed E-state index contributed by atoms with van der Waals surface area (Å²) in [5.74, 6) is 1.94. The smallest absolute Gasteiger partial charge is 0.408 e. The second-order valence-electron chi connectivity index (χ2n) is 7.61. The summed E-state index contributed by atoms with van der Waals surface area (Å²) in [7, 11) is 0. The highest BCUT2D eigenvalue weighted by Gasteiger charge is 2.21. The van der Waals surface area contributed by atoms with Crippen LogP contribution >= 0.6 is 0 Å². The third-order valence-corrected chi connectivity index (χ3v) is 3.77. The summed E-state index contributed by atoms with van der Waals surface area (Å²) in [5, 5.41) is 7.79. The van der Waals surface area contributed by atoms with Crippen molar-refractivity contribution in [3.63, 3.8) is 0 Å². The number of carbonyl (C=O) groups excluding carboxylic acids is 3. The van der Waals surface area contributed by atoms with Gasteiger partial charge in [0.05, 0.1) is 6.54 Å². The van der Waals surface area contributed by atoms with Gasteiger partial charge < -0.3 is 25.4 Å². The molecule has 0 aliphatic rings. The highest BCUT2D eigenvalue weighted by atomic mass is 16.6. The molecule has 8 nitrogen and oxygen atoms in total. The van der Waals surface area contributed by atoms with Gasteiger partial charge in [0.15, 0.2) is 0 Å². The highest BCUT2D eigenvalue weighted by Crippen LogP contribution is 2.07. The van der Waals surface area contributed by atoms with E-state index in [4.69, 9.17) is 15.9 Å². The molecule has 3 amide bonds. The Morgan fingerprint density at radius 1 is 1.07 bits per heavy atom. The highest BCUT2D eigenvalue weighted by molar-refractivity contribution is 5.85. The lowest BCUT2D eigenvalue weighted by Crippen LogP contribution is -2.47. The molecule has 1 rings (SSSR count). The Morgan fingerprint density at radius 2 is 1.77 bits per heavy atom. The lowest BCUT2D eigenvalue weighted by molar-refractivity contribution is -0.123. The molecule has 0 unspecified atom stereocenters. The van der Waals surface area contributed by atoms with E-state index in [1.54, 1.807) is 20.8 Å². The number of nitrogens with one attached hydrogen (secondary N) is 3. The van der Waals surface area contributed by atoms with E-state index in [9.17, 15) is 14.4 Å². The molecule has 8 heteroatoms. The van der Waals surface area contributed by atoms with Crippen LogP contribution in [0.5, 0.6) is 0 Å². The maximum Gasteiger partial charge on any atom is 0.408 e. The van der Waals surface area contributed by atoms with Crippen molar-refractivity contribution >= 4 is 18.1 Å². The Hall–Kier alpha value is -3.21. The number of terminal acetylenes is 1. The predicted octanol–water partition coefficient (Wildman–Crippen LogP) is 2.73. The van der Waals surface area contributed by atoms with Gasteiger partial charge in [-0.1, -0.05) is 36.3 Å². The van der Waals surface area contributed by atoms with Crippen LogP contribution in [-0.2, 0) is 20.9 Å². The van der Waals surface area contributed by atoms with Crippen LogP contribution in [0.25, 0.3) is 0 Å². The molecule has 0 spiro atoms. The number of alkyl carbamates (subject to hydrolysis) is 2. The molecule has 0 aliphatic carbocycles. The van der Waals surface area contributed by atoms with E-state index in [1.165, 1.54) is 0 Å². The van der Waals surface area contributed by atoms with Gasteiger partial charge in [-0.25, -0.2) is 9.59 Å². The molecular formula is C22H31N3O5. The largest absolute Gasteiger partial charge is 0.445 e. The van der Waals surface area contributed by atoms with Crippen molar-refractivity contribution in [3.8, 4) is 12.3 Å². The van der Waals surface area contributed by atoms with E-state index in [1.807, 2.05) is 30.3 Å². The summed E-state index contributed by atoms with van der Waals surface area (Å²) in [6, 6.07) is 8.44. The standard InChI is InChI=1S/C22H31N3O5/c1-5-14-23-19(26)18(13-9-10-15-24-20(27)30-22(2,3)4)25-21(28)29-16-17-11-7-6-8-12-17/h1,6-8,11-12,18H,9-10,13-16H2,2-4H3,(H,23,26)(H,24,27)(H,25,28)/t18-/m0/s1. The summed E-state index contributed by atoms with van der Waals surface area (Å²) < 4.78 is 10.3. The van der Waals surface area contributed by atoms with Crippen LogP contribution in [0, 0.1) is 12.3 Å². The minimum absolute atomic E-state index is 0.0657. The van der Waals surface area contributed by atoms with E-state index in [-0.39, 0.29) is 19.1 Å². The van der Waals surface area contributed by atoms with Gasteiger partial charge in [0, 0.05) is 6.54 Å². The molecule has 0 aromatic heterocycles. The van der Waals surface area contributed by atoms with Crippen molar-refractivity contribution in [2.24, 2.45) is 0 Å². The van der Waals surface area contributed by atoms with Gasteiger partial charge in [-0.2, -0.15) is 0 Å². The molecule has 1 atom stereocenters. The van der Waals surface area contributed by atoms with Crippen LogP contribution in [0.3, 0.4) is 0 Å². The van der Waals surface area contributed by atoms with Crippen molar-refractivity contribution in [3.05, 3.63) is 35.9 Å². The predicted molar refractivity (Wildman–Crippen MR) is 113 cm³/mol. The Labute approximate surface area is 178 Å². The minimum atomic E-state index is -0.789. The first-order valence-corrected chi connectivity index (χ1v) is 9.86. The fourth-order valence-electron chi connectivity index (χ4n) is 2.42. The first-order chi connectivity index (χ1) is 14.2. The SMILES string of the molecule is C#CCNC(=O)[C@H](CCCCNC(=O)OC(C)(C)C)NC(=O)OCc1ccccc1. The first-order valence-electron chi connectivity index (χ1n) is 9.86. The number of hydrogen-bond acceptors (Lipinski definition) is 5. The Kier molecular flexibility index (Phi) is 10.8. The molecule has 3 N–H and O–H groups in total. The van der Waals surface area contributed by atoms with E-state index < -0.39 is 23.8 Å². The van der Waals surface area contributed by atoms with Crippen LogP contribution in [0.2, 0.25) is 0 Å². The van der Waals surface area contributed by atoms with Crippen LogP contribution in [0.15, 0.2) is 30.3 Å². The number of amides is 3. The van der Waals surface area contributed by atoms with Crippen LogP contribution in [0.1, 0.15) is 45.6 Å². The average molecular weight is 418 g/mol. The van der Waals surface area contributed by atoms with E-state index in [0.29, 0.717) is 25.8 Å². The second-order valence-corrected chi connectivity index (χ2v) is 7.61. The van der Waals surface area contributed by atoms with Gasteiger partial charge in [0.25, 0.3) is 0 Å². The van der Waals surface area contributed by atoms with E-state index in [0.717, 1.165) is 5.56 Å². The van der Waals surface area contributed by atoms with Crippen LogP contribution in [-0.4, -0.2) is 42.8 Å². The molecule has 0 bridgehead atoms. The fourth-order valence-corrected chi connectivity index (χ4v) is 2.42. The Bertz CT molecular complexity index is 723. The molecule has 1 aromatic carbocycles. The fraction of sp³-hybridized carbons (Fsp3) is 0.500. The lowest BCUT2D eigenvalue weighted by Gasteiger charge is -2.20. The van der Waals surface area contributed by atoms with Gasteiger partial charge >= 0.3 is 12.2 Å². The third kappa shape index (κ3) is 11.6. The molecule has 30 heavy (non-hydrogen) atoms. The molecule has 164 valence electrons. The third-order valence-electron chi connectivity index (χ3n) is 3.77. The Balaban J connectivity index is 2.43. The molecule has 0 saturated carbocycles.